The molecule has 0 aliphatic carbocycles. The van der Waals surface area contributed by atoms with Gasteiger partial charge < -0.3 is 14.7 Å². The molecule has 31 heavy (non-hydrogen) atoms. The molecule has 0 aliphatic heterocycles. The lowest BCUT2D eigenvalue weighted by Crippen LogP contribution is -2.36. The van der Waals surface area contributed by atoms with Crippen LogP contribution < -0.4 is 4.74 Å². The molecule has 1 unspecified atom stereocenters. The van der Waals surface area contributed by atoms with Crippen molar-refractivity contribution in [3.63, 3.8) is 0 Å². The van der Waals surface area contributed by atoms with Crippen molar-refractivity contribution < 1.29 is 19.4 Å². The first-order valence-electron chi connectivity index (χ1n) is 10.3. The lowest BCUT2D eigenvalue weighted by molar-refractivity contribution is -0.137. The van der Waals surface area contributed by atoms with Crippen LogP contribution >= 0.6 is 0 Å². The van der Waals surface area contributed by atoms with Gasteiger partial charge in [0.25, 0.3) is 5.91 Å². The monoisotopic (exact) mass is 417 g/mol. The van der Waals surface area contributed by atoms with E-state index in [1.807, 2.05) is 84.6 Å². The summed E-state index contributed by atoms with van der Waals surface area (Å²) in [5, 5.41) is 8.79. The van der Waals surface area contributed by atoms with Crippen LogP contribution in [0.3, 0.4) is 0 Å². The van der Waals surface area contributed by atoms with Crippen LogP contribution in [0.5, 0.6) is 5.75 Å². The Labute approximate surface area is 182 Å². The number of benzene rings is 3. The third-order valence-corrected chi connectivity index (χ3v) is 5.18. The van der Waals surface area contributed by atoms with Crippen molar-refractivity contribution in [2.45, 2.75) is 32.4 Å². The molecule has 0 radical (unpaired) electrons. The van der Waals surface area contributed by atoms with Crippen molar-refractivity contribution in [3.8, 4) is 5.75 Å². The summed E-state index contributed by atoms with van der Waals surface area (Å²) in [6.45, 7) is 2.44. The van der Waals surface area contributed by atoms with Crippen molar-refractivity contribution in [2.24, 2.45) is 0 Å². The maximum Gasteiger partial charge on any atom is 0.303 e. The number of carboxylic acids is 1. The molecule has 3 rings (SSSR count). The number of aryl methyl sites for hydroxylation is 1. The highest BCUT2D eigenvalue weighted by Gasteiger charge is 2.22. The zero-order valence-electron chi connectivity index (χ0n) is 17.6. The van der Waals surface area contributed by atoms with Gasteiger partial charge in [-0.15, -0.1) is 0 Å². The summed E-state index contributed by atoms with van der Waals surface area (Å²) in [7, 11) is 0. The molecule has 5 nitrogen and oxygen atoms in total. The Morgan fingerprint density at radius 1 is 0.871 bits per heavy atom. The molecule has 1 N–H and O–H groups in total. The van der Waals surface area contributed by atoms with E-state index in [1.54, 1.807) is 12.1 Å². The van der Waals surface area contributed by atoms with Gasteiger partial charge in [0.2, 0.25) is 0 Å². The molecule has 0 fully saturated rings. The quantitative estimate of drug-likeness (QED) is 0.511. The summed E-state index contributed by atoms with van der Waals surface area (Å²) in [6.07, 6.45) is 0.554. The van der Waals surface area contributed by atoms with Crippen molar-refractivity contribution in [2.75, 3.05) is 6.61 Å². The Hall–Kier alpha value is -3.60. The van der Waals surface area contributed by atoms with Gasteiger partial charge >= 0.3 is 5.97 Å². The molecule has 3 aromatic rings. The first-order valence-corrected chi connectivity index (χ1v) is 10.3. The predicted molar refractivity (Wildman–Crippen MR) is 120 cm³/mol. The molecule has 0 aliphatic rings. The fourth-order valence-electron chi connectivity index (χ4n) is 3.36. The lowest BCUT2D eigenvalue weighted by atomic mass is 10.1. The lowest BCUT2D eigenvalue weighted by Gasteiger charge is -2.30. The smallest absolute Gasteiger partial charge is 0.303 e. The number of aliphatic carboxylic acids is 1. The fraction of sp³-hybridized carbons (Fsp3) is 0.231. The van der Waals surface area contributed by atoms with Crippen molar-refractivity contribution >= 4 is 11.9 Å². The van der Waals surface area contributed by atoms with Crippen LogP contribution in [0, 0.1) is 0 Å². The number of ether oxygens (including phenoxy) is 1. The number of carbonyl (C=O) groups excluding carboxylic acids is 1. The van der Waals surface area contributed by atoms with Gasteiger partial charge in [-0.25, -0.2) is 0 Å². The van der Waals surface area contributed by atoms with Gasteiger partial charge in [0.15, 0.2) is 6.61 Å². The van der Waals surface area contributed by atoms with E-state index < -0.39 is 5.97 Å². The molecule has 0 spiro atoms. The number of amides is 1. The van der Waals surface area contributed by atoms with E-state index in [1.165, 1.54) is 0 Å². The summed E-state index contributed by atoms with van der Waals surface area (Å²) in [5.74, 6) is -0.341. The number of hydrogen-bond acceptors (Lipinski definition) is 3. The normalized spacial score (nSPS) is 11.5. The molecule has 0 bridgehead atoms. The summed E-state index contributed by atoms with van der Waals surface area (Å²) in [4.78, 5) is 25.6. The van der Waals surface area contributed by atoms with E-state index in [-0.39, 0.29) is 25.0 Å². The maximum absolute atomic E-state index is 13.1. The third-order valence-electron chi connectivity index (χ3n) is 5.18. The molecular formula is C26H27NO4. The number of nitrogens with zero attached hydrogens (tertiary/aromatic N) is 1. The molecule has 0 saturated heterocycles. The molecule has 3 aromatic carbocycles. The zero-order valence-corrected chi connectivity index (χ0v) is 17.6. The predicted octanol–water partition coefficient (Wildman–Crippen LogP) is 4.87. The molecule has 5 heteroatoms. The van der Waals surface area contributed by atoms with E-state index in [0.29, 0.717) is 18.7 Å². The minimum Gasteiger partial charge on any atom is -0.484 e. The SMILES string of the molecule is CC(c1ccccc1)N(Cc1ccccc1)C(=O)COc1ccc(CCC(=O)O)cc1. The molecule has 0 saturated carbocycles. The van der Waals surface area contributed by atoms with Gasteiger partial charge in [0, 0.05) is 13.0 Å². The van der Waals surface area contributed by atoms with Gasteiger partial charge in [0.05, 0.1) is 6.04 Å². The van der Waals surface area contributed by atoms with Crippen LogP contribution in [0.2, 0.25) is 0 Å². The second-order valence-electron chi connectivity index (χ2n) is 7.42. The van der Waals surface area contributed by atoms with Crippen LogP contribution in [-0.2, 0) is 22.6 Å². The highest BCUT2D eigenvalue weighted by Crippen LogP contribution is 2.23. The third kappa shape index (κ3) is 6.71. The Morgan fingerprint density at radius 3 is 2.10 bits per heavy atom. The largest absolute Gasteiger partial charge is 0.484 e. The Bertz CT molecular complexity index is 971. The topological polar surface area (TPSA) is 66.8 Å². The summed E-state index contributed by atoms with van der Waals surface area (Å²) in [5.41, 5.74) is 3.04. The van der Waals surface area contributed by atoms with Crippen LogP contribution in [0.15, 0.2) is 84.9 Å². The van der Waals surface area contributed by atoms with E-state index in [4.69, 9.17) is 9.84 Å². The van der Waals surface area contributed by atoms with E-state index >= 15 is 0 Å². The average molecular weight is 418 g/mol. The first kappa shape index (κ1) is 22.1. The van der Waals surface area contributed by atoms with Gasteiger partial charge in [0.1, 0.15) is 5.75 Å². The molecule has 0 aromatic heterocycles. The second kappa shape index (κ2) is 11.0. The Morgan fingerprint density at radius 2 is 1.48 bits per heavy atom. The number of carbonyl (C=O) groups is 2. The zero-order chi connectivity index (χ0) is 22.1. The summed E-state index contributed by atoms with van der Waals surface area (Å²) in [6, 6.07) is 27.0. The van der Waals surface area contributed by atoms with E-state index in [9.17, 15) is 9.59 Å². The Balaban J connectivity index is 1.67. The number of hydrogen-bond donors (Lipinski definition) is 1. The molecule has 1 amide bonds. The van der Waals surface area contributed by atoms with Gasteiger partial charge in [-0.3, -0.25) is 9.59 Å². The summed E-state index contributed by atoms with van der Waals surface area (Å²) >= 11 is 0. The second-order valence-corrected chi connectivity index (χ2v) is 7.42. The Kier molecular flexibility index (Phi) is 7.82. The number of rotatable bonds is 10. The van der Waals surface area contributed by atoms with Crippen LogP contribution in [0.25, 0.3) is 0 Å². The van der Waals surface area contributed by atoms with Crippen molar-refractivity contribution in [1.82, 2.24) is 4.90 Å². The van der Waals surface area contributed by atoms with Gasteiger partial charge in [-0.2, -0.15) is 0 Å². The molecule has 0 heterocycles. The average Bonchev–Trinajstić information content (AvgIpc) is 2.81. The fourth-order valence-corrected chi connectivity index (χ4v) is 3.36. The summed E-state index contributed by atoms with van der Waals surface area (Å²) < 4.78 is 5.75. The highest BCUT2D eigenvalue weighted by atomic mass is 16.5. The minimum absolute atomic E-state index is 0.0710. The van der Waals surface area contributed by atoms with E-state index in [2.05, 4.69) is 0 Å². The van der Waals surface area contributed by atoms with Crippen LogP contribution in [-0.4, -0.2) is 28.5 Å². The van der Waals surface area contributed by atoms with Gasteiger partial charge in [-0.1, -0.05) is 72.8 Å². The van der Waals surface area contributed by atoms with E-state index in [0.717, 1.165) is 16.7 Å². The number of carboxylic acid groups (broad SMARTS) is 1. The molecule has 1 atom stereocenters. The highest BCUT2D eigenvalue weighted by molar-refractivity contribution is 5.78. The van der Waals surface area contributed by atoms with Gasteiger partial charge in [-0.05, 0) is 42.2 Å². The molecule has 160 valence electrons. The standard InChI is InChI=1S/C26H27NO4/c1-20(23-10-6-3-7-11-23)27(18-22-8-4-2-5-9-22)25(28)19-31-24-15-12-21(13-16-24)14-17-26(29)30/h2-13,15-16,20H,14,17-19H2,1H3,(H,29,30). The van der Waals surface area contributed by atoms with Crippen LogP contribution in [0.4, 0.5) is 0 Å². The first-order chi connectivity index (χ1) is 15.0. The van der Waals surface area contributed by atoms with Crippen molar-refractivity contribution in [3.05, 3.63) is 102 Å². The van der Waals surface area contributed by atoms with Crippen LogP contribution in [0.1, 0.15) is 36.1 Å². The van der Waals surface area contributed by atoms with Crippen molar-refractivity contribution in [1.29, 1.82) is 0 Å². The maximum atomic E-state index is 13.1. The minimum atomic E-state index is -0.822. The molecular weight excluding hydrogens is 390 g/mol.